The summed E-state index contributed by atoms with van der Waals surface area (Å²) in [6.07, 6.45) is -2.31. The van der Waals surface area contributed by atoms with Crippen molar-refractivity contribution >= 4 is 5.91 Å². The van der Waals surface area contributed by atoms with Gasteiger partial charge in [-0.2, -0.15) is 13.2 Å². The first-order valence-corrected chi connectivity index (χ1v) is 4.04. The van der Waals surface area contributed by atoms with Crippen LogP contribution in [-0.2, 0) is 4.79 Å². The van der Waals surface area contributed by atoms with Gasteiger partial charge in [0.05, 0.1) is 0 Å². The van der Waals surface area contributed by atoms with E-state index in [1.54, 1.807) is 0 Å². The predicted molar refractivity (Wildman–Crippen MR) is 38.5 cm³/mol. The first-order chi connectivity index (χ1) is 5.83. The van der Waals surface area contributed by atoms with Crippen LogP contribution in [0.4, 0.5) is 13.2 Å². The van der Waals surface area contributed by atoms with Crippen LogP contribution in [0.15, 0.2) is 0 Å². The number of quaternary nitrogens is 1. The third kappa shape index (κ3) is 2.58. The Morgan fingerprint density at radius 1 is 1.46 bits per heavy atom. The SMILES string of the molecule is [NH3+]C1(C(=O)NCC(F)(F)F)CCC1. The summed E-state index contributed by atoms with van der Waals surface area (Å²) >= 11 is 0. The number of carbonyl (C=O) groups excluding carboxylic acids is 1. The Bertz CT molecular complexity index is 210. The molecule has 1 saturated carbocycles. The number of hydrogen-bond donors (Lipinski definition) is 2. The Morgan fingerprint density at radius 3 is 2.31 bits per heavy atom. The van der Waals surface area contributed by atoms with Crippen LogP contribution in [0.2, 0.25) is 0 Å². The molecule has 1 amide bonds. The zero-order valence-corrected chi connectivity index (χ0v) is 7.08. The van der Waals surface area contributed by atoms with Crippen LogP contribution in [-0.4, -0.2) is 24.2 Å². The van der Waals surface area contributed by atoms with Gasteiger partial charge in [0.2, 0.25) is 0 Å². The number of rotatable bonds is 2. The second-order valence-corrected chi connectivity index (χ2v) is 3.43. The first-order valence-electron chi connectivity index (χ1n) is 4.04. The van der Waals surface area contributed by atoms with Crippen molar-refractivity contribution in [3.05, 3.63) is 0 Å². The molecule has 0 saturated heterocycles. The van der Waals surface area contributed by atoms with E-state index >= 15 is 0 Å². The number of amides is 1. The van der Waals surface area contributed by atoms with Gasteiger partial charge in [0.25, 0.3) is 5.91 Å². The van der Waals surface area contributed by atoms with Gasteiger partial charge >= 0.3 is 6.18 Å². The molecule has 1 aliphatic rings. The quantitative estimate of drug-likeness (QED) is 0.634. The highest BCUT2D eigenvalue weighted by atomic mass is 19.4. The van der Waals surface area contributed by atoms with E-state index in [1.165, 1.54) is 0 Å². The van der Waals surface area contributed by atoms with E-state index in [0.29, 0.717) is 12.8 Å². The average Bonchev–Trinajstić information content (AvgIpc) is 1.94. The van der Waals surface area contributed by atoms with Gasteiger partial charge in [-0.1, -0.05) is 0 Å². The van der Waals surface area contributed by atoms with Crippen molar-refractivity contribution in [3.8, 4) is 0 Å². The van der Waals surface area contributed by atoms with Crippen LogP contribution in [0.1, 0.15) is 19.3 Å². The first kappa shape index (κ1) is 10.3. The Hall–Kier alpha value is -0.780. The second-order valence-electron chi connectivity index (χ2n) is 3.43. The number of carbonyl (C=O) groups is 1. The maximum absolute atomic E-state index is 11.7. The summed E-state index contributed by atoms with van der Waals surface area (Å²) in [5.41, 5.74) is 2.80. The molecule has 3 nitrogen and oxygen atoms in total. The molecule has 0 unspecified atom stereocenters. The monoisotopic (exact) mass is 197 g/mol. The van der Waals surface area contributed by atoms with E-state index in [1.807, 2.05) is 5.32 Å². The van der Waals surface area contributed by atoms with Crippen molar-refractivity contribution in [3.63, 3.8) is 0 Å². The zero-order chi connectivity index (χ0) is 10.1. The fourth-order valence-electron chi connectivity index (χ4n) is 1.20. The molecule has 0 bridgehead atoms. The lowest BCUT2D eigenvalue weighted by molar-refractivity contribution is -0.477. The molecular formula is C7H12F3N2O+. The van der Waals surface area contributed by atoms with Gasteiger partial charge in [0, 0.05) is 12.8 Å². The van der Waals surface area contributed by atoms with Crippen LogP contribution >= 0.6 is 0 Å². The van der Waals surface area contributed by atoms with Gasteiger partial charge in [-0.15, -0.1) is 0 Å². The molecule has 0 atom stereocenters. The molecule has 0 aliphatic heterocycles. The van der Waals surface area contributed by atoms with Crippen LogP contribution < -0.4 is 11.1 Å². The lowest BCUT2D eigenvalue weighted by Crippen LogP contribution is -2.81. The van der Waals surface area contributed by atoms with E-state index in [9.17, 15) is 18.0 Å². The van der Waals surface area contributed by atoms with Gasteiger partial charge < -0.3 is 11.1 Å². The van der Waals surface area contributed by atoms with Crippen molar-refractivity contribution in [1.82, 2.24) is 5.32 Å². The largest absolute Gasteiger partial charge is 0.405 e. The van der Waals surface area contributed by atoms with Gasteiger partial charge in [0.15, 0.2) is 5.54 Å². The molecule has 0 heterocycles. The van der Waals surface area contributed by atoms with Crippen LogP contribution in [0.3, 0.4) is 0 Å². The topological polar surface area (TPSA) is 56.7 Å². The minimum atomic E-state index is -4.34. The van der Waals surface area contributed by atoms with Gasteiger partial charge in [-0.05, 0) is 6.42 Å². The Labute approximate surface area is 73.5 Å². The summed E-state index contributed by atoms with van der Waals surface area (Å²) in [7, 11) is 0. The predicted octanol–water partition coefficient (Wildman–Crippen LogP) is -0.171. The molecule has 0 aromatic rings. The van der Waals surface area contributed by atoms with E-state index in [0.717, 1.165) is 6.42 Å². The lowest BCUT2D eigenvalue weighted by Gasteiger charge is -2.32. The fourth-order valence-corrected chi connectivity index (χ4v) is 1.20. The summed E-state index contributed by atoms with van der Waals surface area (Å²) in [5.74, 6) is -0.587. The van der Waals surface area contributed by atoms with E-state index in [4.69, 9.17) is 0 Å². The number of nitrogens with one attached hydrogen (secondary N) is 1. The maximum Gasteiger partial charge on any atom is 0.405 e. The van der Waals surface area contributed by atoms with E-state index < -0.39 is 24.2 Å². The highest BCUT2D eigenvalue weighted by molar-refractivity contribution is 5.85. The Kier molecular flexibility index (Phi) is 2.51. The Balaban J connectivity index is 2.34. The normalized spacial score (nSPS) is 20.6. The lowest BCUT2D eigenvalue weighted by atomic mass is 9.77. The van der Waals surface area contributed by atoms with Gasteiger partial charge in [-0.3, -0.25) is 4.79 Å². The summed E-state index contributed by atoms with van der Waals surface area (Å²) < 4.78 is 35.1. The van der Waals surface area contributed by atoms with Crippen molar-refractivity contribution in [1.29, 1.82) is 0 Å². The molecule has 0 aromatic carbocycles. The molecule has 0 aromatic heterocycles. The number of halogens is 3. The smallest absolute Gasteiger partial charge is 0.345 e. The molecule has 13 heavy (non-hydrogen) atoms. The Morgan fingerprint density at radius 2 is 2.00 bits per heavy atom. The molecular weight excluding hydrogens is 185 g/mol. The van der Waals surface area contributed by atoms with Crippen LogP contribution in [0.5, 0.6) is 0 Å². The van der Waals surface area contributed by atoms with E-state index in [-0.39, 0.29) is 0 Å². The maximum atomic E-state index is 11.7. The third-order valence-corrected chi connectivity index (χ3v) is 2.24. The molecule has 1 rings (SSSR count). The third-order valence-electron chi connectivity index (χ3n) is 2.24. The summed E-state index contributed by atoms with van der Waals surface area (Å²) in [5, 5.41) is 1.84. The van der Waals surface area contributed by atoms with Crippen molar-refractivity contribution in [2.45, 2.75) is 31.0 Å². The van der Waals surface area contributed by atoms with Crippen molar-refractivity contribution in [2.24, 2.45) is 0 Å². The molecule has 0 spiro atoms. The molecule has 1 fully saturated rings. The van der Waals surface area contributed by atoms with Crippen LogP contribution in [0.25, 0.3) is 0 Å². The molecule has 6 heteroatoms. The molecule has 1 aliphatic carbocycles. The highest BCUT2D eigenvalue weighted by Gasteiger charge is 2.45. The summed E-state index contributed by atoms with van der Waals surface area (Å²) in [6.45, 7) is -1.26. The van der Waals surface area contributed by atoms with Gasteiger partial charge in [-0.25, -0.2) is 0 Å². The molecule has 76 valence electrons. The summed E-state index contributed by atoms with van der Waals surface area (Å²) in [4.78, 5) is 11.1. The molecule has 0 radical (unpaired) electrons. The standard InChI is InChI=1S/C7H11F3N2O/c8-7(9,10)4-12-5(13)6(11)2-1-3-6/h1-4,11H2,(H,12,13)/p+1. The number of hydrogen-bond acceptors (Lipinski definition) is 1. The molecule has 4 N–H and O–H groups in total. The van der Waals surface area contributed by atoms with E-state index in [2.05, 4.69) is 5.73 Å². The summed E-state index contributed by atoms with van der Waals surface area (Å²) in [6, 6.07) is 0. The van der Waals surface area contributed by atoms with Crippen molar-refractivity contribution in [2.75, 3.05) is 6.54 Å². The van der Waals surface area contributed by atoms with Crippen molar-refractivity contribution < 1.29 is 23.7 Å². The van der Waals surface area contributed by atoms with Gasteiger partial charge in [0.1, 0.15) is 6.54 Å². The van der Waals surface area contributed by atoms with Crippen LogP contribution in [0, 0.1) is 0 Å². The zero-order valence-electron chi connectivity index (χ0n) is 7.08. The highest BCUT2D eigenvalue weighted by Crippen LogP contribution is 2.27. The average molecular weight is 197 g/mol. The minimum Gasteiger partial charge on any atom is -0.345 e. The second kappa shape index (κ2) is 3.17. The fraction of sp³-hybridized carbons (Fsp3) is 0.857. The number of alkyl halides is 3. The minimum absolute atomic E-state index is 0.580.